The fraction of sp³-hybridized carbons (Fsp3) is 0.450. The van der Waals surface area contributed by atoms with E-state index in [1.54, 1.807) is 6.33 Å². The molecule has 3 heterocycles. The Kier molecular flexibility index (Phi) is 5.31. The number of hydrogen-bond donors (Lipinski definition) is 1. The van der Waals surface area contributed by atoms with Gasteiger partial charge in [-0.1, -0.05) is 18.6 Å². The van der Waals surface area contributed by atoms with E-state index < -0.39 is 0 Å². The van der Waals surface area contributed by atoms with Crippen LogP contribution in [0.5, 0.6) is 0 Å². The Balaban J connectivity index is 1.92. The number of aryl methyl sites for hydroxylation is 1. The minimum Gasteiger partial charge on any atom is -0.384 e. The van der Waals surface area contributed by atoms with E-state index in [1.165, 1.54) is 5.57 Å². The summed E-state index contributed by atoms with van der Waals surface area (Å²) in [6.07, 6.45) is 9.10. The van der Waals surface area contributed by atoms with Crippen molar-refractivity contribution in [3.8, 4) is 11.1 Å². The van der Waals surface area contributed by atoms with E-state index in [4.69, 9.17) is 5.73 Å². The molecule has 1 aliphatic rings. The summed E-state index contributed by atoms with van der Waals surface area (Å²) in [5.41, 5.74) is 10.3. The molecule has 1 fully saturated rings. The highest BCUT2D eigenvalue weighted by atomic mass is 15.2. The Morgan fingerprint density at radius 2 is 1.96 bits per heavy atom. The maximum Gasteiger partial charge on any atom is 0.140 e. The van der Waals surface area contributed by atoms with Gasteiger partial charge in [0.1, 0.15) is 18.0 Å². The van der Waals surface area contributed by atoms with Crippen LogP contribution in [0.3, 0.4) is 0 Å². The van der Waals surface area contributed by atoms with Crippen LogP contribution in [0.15, 0.2) is 36.3 Å². The molecule has 3 rings (SSSR count). The van der Waals surface area contributed by atoms with E-state index in [1.807, 2.05) is 18.3 Å². The molecule has 1 aliphatic heterocycles. The SMILES string of the molecule is CCc1ncnc(N2CCC(C=C(C)C)CC2)c1-c1ccc(N)nc1. The molecule has 5 nitrogen and oxygen atoms in total. The van der Waals surface area contributed by atoms with Crippen LogP contribution in [-0.2, 0) is 6.42 Å². The van der Waals surface area contributed by atoms with E-state index in [0.717, 1.165) is 55.0 Å². The lowest BCUT2D eigenvalue weighted by molar-refractivity contribution is 0.474. The van der Waals surface area contributed by atoms with Crippen LogP contribution in [0.25, 0.3) is 11.1 Å². The van der Waals surface area contributed by atoms with Crippen LogP contribution in [0.4, 0.5) is 11.6 Å². The third kappa shape index (κ3) is 3.98. The summed E-state index contributed by atoms with van der Waals surface area (Å²) in [6, 6.07) is 3.85. The van der Waals surface area contributed by atoms with Crippen LogP contribution >= 0.6 is 0 Å². The standard InChI is InChI=1S/C20H27N5/c1-4-17-19(16-5-6-18(21)22-12-16)20(24-13-23-17)25-9-7-15(8-10-25)11-14(2)3/h5-6,11-13,15H,4,7-10H2,1-3H3,(H2,21,22). The van der Waals surface area contributed by atoms with Gasteiger partial charge in [0.05, 0.1) is 5.69 Å². The molecule has 0 spiro atoms. The van der Waals surface area contributed by atoms with Crippen molar-refractivity contribution in [1.29, 1.82) is 0 Å². The number of nitrogens with two attached hydrogens (primary N) is 1. The molecule has 132 valence electrons. The normalized spacial score (nSPS) is 15.2. The lowest BCUT2D eigenvalue weighted by Crippen LogP contribution is -2.34. The summed E-state index contributed by atoms with van der Waals surface area (Å²) in [4.78, 5) is 15.8. The fourth-order valence-corrected chi connectivity index (χ4v) is 3.52. The molecular formula is C20H27N5. The fourth-order valence-electron chi connectivity index (χ4n) is 3.52. The average molecular weight is 337 g/mol. The Morgan fingerprint density at radius 3 is 2.56 bits per heavy atom. The van der Waals surface area contributed by atoms with Crippen molar-refractivity contribution in [2.24, 2.45) is 5.92 Å². The summed E-state index contributed by atoms with van der Waals surface area (Å²) in [6.45, 7) is 8.52. The average Bonchev–Trinajstić information content (AvgIpc) is 2.62. The maximum atomic E-state index is 5.75. The summed E-state index contributed by atoms with van der Waals surface area (Å²) in [5.74, 6) is 2.23. The smallest absolute Gasteiger partial charge is 0.140 e. The second-order valence-electron chi connectivity index (χ2n) is 6.91. The van der Waals surface area contributed by atoms with E-state index in [-0.39, 0.29) is 0 Å². The molecular weight excluding hydrogens is 310 g/mol. The minimum atomic E-state index is 0.530. The molecule has 5 heteroatoms. The van der Waals surface area contributed by atoms with Crippen molar-refractivity contribution < 1.29 is 0 Å². The van der Waals surface area contributed by atoms with Crippen molar-refractivity contribution >= 4 is 11.6 Å². The lowest BCUT2D eigenvalue weighted by atomic mass is 9.94. The maximum absolute atomic E-state index is 5.75. The highest BCUT2D eigenvalue weighted by molar-refractivity contribution is 5.78. The number of aromatic nitrogens is 3. The molecule has 0 saturated carbocycles. The molecule has 0 aliphatic carbocycles. The van der Waals surface area contributed by atoms with Gasteiger partial charge < -0.3 is 10.6 Å². The van der Waals surface area contributed by atoms with Crippen molar-refractivity contribution in [2.45, 2.75) is 40.0 Å². The Bertz CT molecular complexity index is 739. The van der Waals surface area contributed by atoms with Gasteiger partial charge in [-0.2, -0.15) is 0 Å². The van der Waals surface area contributed by atoms with Crippen LogP contribution in [-0.4, -0.2) is 28.0 Å². The van der Waals surface area contributed by atoms with Gasteiger partial charge in [-0.15, -0.1) is 0 Å². The molecule has 25 heavy (non-hydrogen) atoms. The Morgan fingerprint density at radius 1 is 1.20 bits per heavy atom. The molecule has 0 radical (unpaired) electrons. The van der Waals surface area contributed by atoms with Crippen molar-refractivity contribution in [2.75, 3.05) is 23.7 Å². The van der Waals surface area contributed by atoms with Gasteiger partial charge >= 0.3 is 0 Å². The summed E-state index contributed by atoms with van der Waals surface area (Å²) in [7, 11) is 0. The number of pyridine rings is 1. The van der Waals surface area contributed by atoms with Crippen LogP contribution in [0.1, 0.15) is 39.3 Å². The van der Waals surface area contributed by atoms with Crippen LogP contribution in [0.2, 0.25) is 0 Å². The second-order valence-corrected chi connectivity index (χ2v) is 6.91. The van der Waals surface area contributed by atoms with Gasteiger partial charge in [0.15, 0.2) is 0 Å². The highest BCUT2D eigenvalue weighted by Crippen LogP contribution is 2.34. The molecule has 2 aromatic rings. The summed E-state index contributed by atoms with van der Waals surface area (Å²) >= 11 is 0. The Labute approximate surface area is 150 Å². The molecule has 0 unspecified atom stereocenters. The number of rotatable bonds is 4. The number of anilines is 2. The van der Waals surface area contributed by atoms with Gasteiger partial charge in [0.25, 0.3) is 0 Å². The number of piperidine rings is 1. The molecule has 0 amide bonds. The molecule has 1 saturated heterocycles. The first-order chi connectivity index (χ1) is 12.1. The van der Waals surface area contributed by atoms with E-state index >= 15 is 0 Å². The van der Waals surface area contributed by atoms with E-state index in [9.17, 15) is 0 Å². The molecule has 0 atom stereocenters. The van der Waals surface area contributed by atoms with Crippen LogP contribution < -0.4 is 10.6 Å². The van der Waals surface area contributed by atoms with Crippen LogP contribution in [0, 0.1) is 5.92 Å². The van der Waals surface area contributed by atoms with Crippen molar-refractivity contribution in [3.05, 3.63) is 42.0 Å². The summed E-state index contributed by atoms with van der Waals surface area (Å²) < 4.78 is 0. The lowest BCUT2D eigenvalue weighted by Gasteiger charge is -2.33. The van der Waals surface area contributed by atoms with Gasteiger partial charge in [0, 0.05) is 30.4 Å². The molecule has 2 aromatic heterocycles. The third-order valence-corrected chi connectivity index (χ3v) is 4.72. The predicted octanol–water partition coefficient (Wildman–Crippen LogP) is 3.87. The third-order valence-electron chi connectivity index (χ3n) is 4.72. The highest BCUT2D eigenvalue weighted by Gasteiger charge is 2.23. The predicted molar refractivity (Wildman–Crippen MR) is 103 cm³/mol. The number of nitrogens with zero attached hydrogens (tertiary/aromatic N) is 4. The second kappa shape index (κ2) is 7.64. The largest absolute Gasteiger partial charge is 0.384 e. The number of hydrogen-bond acceptors (Lipinski definition) is 5. The number of allylic oxidation sites excluding steroid dienone is 2. The van der Waals surface area contributed by atoms with Crippen molar-refractivity contribution in [3.63, 3.8) is 0 Å². The topological polar surface area (TPSA) is 67.9 Å². The monoisotopic (exact) mass is 337 g/mol. The summed E-state index contributed by atoms with van der Waals surface area (Å²) in [5, 5.41) is 0. The van der Waals surface area contributed by atoms with E-state index in [2.05, 4.69) is 46.7 Å². The Hall–Kier alpha value is -2.43. The first kappa shape index (κ1) is 17.4. The zero-order valence-electron chi connectivity index (χ0n) is 15.4. The van der Waals surface area contributed by atoms with E-state index in [0.29, 0.717) is 11.7 Å². The molecule has 0 aromatic carbocycles. The molecule has 0 bridgehead atoms. The van der Waals surface area contributed by atoms with Gasteiger partial charge in [-0.3, -0.25) is 0 Å². The number of nitrogen functional groups attached to an aromatic ring is 1. The zero-order valence-corrected chi connectivity index (χ0v) is 15.4. The molecule has 2 N–H and O–H groups in total. The van der Waals surface area contributed by atoms with Gasteiger partial charge in [0.2, 0.25) is 0 Å². The first-order valence-electron chi connectivity index (χ1n) is 9.04. The van der Waals surface area contributed by atoms with Gasteiger partial charge in [-0.25, -0.2) is 15.0 Å². The van der Waals surface area contributed by atoms with Gasteiger partial charge in [-0.05, 0) is 51.2 Å². The first-order valence-corrected chi connectivity index (χ1v) is 9.04. The van der Waals surface area contributed by atoms with Crippen molar-refractivity contribution in [1.82, 2.24) is 15.0 Å². The minimum absolute atomic E-state index is 0.530. The zero-order chi connectivity index (χ0) is 17.8. The quantitative estimate of drug-likeness (QED) is 0.858.